The van der Waals surface area contributed by atoms with Gasteiger partial charge in [0.15, 0.2) is 0 Å². The first kappa shape index (κ1) is 16.5. The monoisotopic (exact) mass is 310 g/mol. The molecule has 1 heterocycles. The second-order valence-corrected chi connectivity index (χ2v) is 5.36. The molecule has 0 fully saturated rings. The lowest BCUT2D eigenvalue weighted by molar-refractivity contribution is -0.143. The Bertz CT molecular complexity index is 769. The third-order valence-corrected chi connectivity index (χ3v) is 3.96. The average molecular weight is 310 g/mol. The van der Waals surface area contributed by atoms with E-state index in [1.165, 1.54) is 7.11 Å². The summed E-state index contributed by atoms with van der Waals surface area (Å²) >= 11 is 0. The minimum atomic E-state index is -0.709. The highest BCUT2D eigenvalue weighted by molar-refractivity contribution is 6.07. The van der Waals surface area contributed by atoms with Crippen LogP contribution in [0.1, 0.15) is 30.9 Å². The zero-order chi connectivity index (χ0) is 17.1. The van der Waals surface area contributed by atoms with Gasteiger partial charge in [0, 0.05) is 28.5 Å². The fourth-order valence-electron chi connectivity index (χ4n) is 2.97. The van der Waals surface area contributed by atoms with E-state index < -0.39 is 23.7 Å². The van der Waals surface area contributed by atoms with Crippen LogP contribution in [0.3, 0.4) is 0 Å². The number of hydrogen-bond donors (Lipinski definition) is 1. The van der Waals surface area contributed by atoms with Crippen molar-refractivity contribution in [1.82, 2.24) is 0 Å². The van der Waals surface area contributed by atoms with Crippen molar-refractivity contribution in [2.75, 3.05) is 7.11 Å². The number of allylic oxidation sites excluding steroid dienone is 1. The van der Waals surface area contributed by atoms with Crippen LogP contribution in [0.15, 0.2) is 40.5 Å². The maximum Gasteiger partial charge on any atom is 0.315 e. The average Bonchev–Trinajstić information content (AvgIpc) is 2.53. The quantitative estimate of drug-likeness (QED) is 0.682. The van der Waals surface area contributed by atoms with E-state index in [1.54, 1.807) is 32.0 Å². The van der Waals surface area contributed by atoms with E-state index >= 15 is 0 Å². The predicted octanol–water partition coefficient (Wildman–Crippen LogP) is 1.77. The summed E-state index contributed by atoms with van der Waals surface area (Å²) in [4.78, 5) is 28.5. The first-order chi connectivity index (χ1) is 10.9. The lowest BCUT2D eigenvalue weighted by atomic mass is 9.75. The summed E-state index contributed by atoms with van der Waals surface area (Å²) < 4.78 is 4.90. The van der Waals surface area contributed by atoms with E-state index in [-0.39, 0.29) is 0 Å². The first-order valence-corrected chi connectivity index (χ1v) is 7.10. The Kier molecular flexibility index (Phi) is 4.65. The summed E-state index contributed by atoms with van der Waals surface area (Å²) in [6.45, 7) is 3.44. The molecular formula is C18H18N2O3. The number of hydrogen-bond acceptors (Lipinski definition) is 4. The van der Waals surface area contributed by atoms with E-state index in [0.717, 1.165) is 5.56 Å². The molecule has 0 saturated carbocycles. The summed E-state index contributed by atoms with van der Waals surface area (Å²) in [7, 11) is 1.31. The molecule has 0 aromatic heterocycles. The van der Waals surface area contributed by atoms with Gasteiger partial charge in [-0.25, -0.2) is 0 Å². The van der Waals surface area contributed by atoms with Crippen molar-refractivity contribution >= 4 is 17.6 Å². The number of methoxy groups -OCH3 is 1. The van der Waals surface area contributed by atoms with Crippen LogP contribution in [0.5, 0.6) is 0 Å². The van der Waals surface area contributed by atoms with Gasteiger partial charge in [-0.3, -0.25) is 14.6 Å². The summed E-state index contributed by atoms with van der Waals surface area (Å²) in [5.74, 6) is 0.207. The molecule has 1 aliphatic rings. The van der Waals surface area contributed by atoms with Gasteiger partial charge in [-0.15, -0.1) is 6.42 Å². The molecule has 5 heteroatoms. The van der Waals surface area contributed by atoms with Crippen LogP contribution >= 0.6 is 0 Å². The highest BCUT2D eigenvalue weighted by Crippen LogP contribution is 2.39. The van der Waals surface area contributed by atoms with Gasteiger partial charge in [-0.1, -0.05) is 18.1 Å². The maximum absolute atomic E-state index is 12.3. The second-order valence-electron chi connectivity index (χ2n) is 5.36. The molecule has 118 valence electrons. The first-order valence-electron chi connectivity index (χ1n) is 7.10. The van der Waals surface area contributed by atoms with Gasteiger partial charge in [0.05, 0.1) is 7.11 Å². The van der Waals surface area contributed by atoms with E-state index in [4.69, 9.17) is 16.9 Å². The Morgan fingerprint density at radius 3 is 2.61 bits per heavy atom. The summed E-state index contributed by atoms with van der Waals surface area (Å²) in [5, 5.41) is 0. The number of terminal acetylenes is 1. The Hall–Kier alpha value is -2.87. The number of nitrogens with two attached hydrogens (primary N) is 1. The van der Waals surface area contributed by atoms with Crippen LogP contribution in [0.2, 0.25) is 0 Å². The van der Waals surface area contributed by atoms with Crippen LogP contribution in [-0.4, -0.2) is 24.7 Å². The Labute approximate surface area is 135 Å². The van der Waals surface area contributed by atoms with Crippen molar-refractivity contribution in [3.8, 4) is 12.3 Å². The van der Waals surface area contributed by atoms with Crippen LogP contribution < -0.4 is 5.73 Å². The summed E-state index contributed by atoms with van der Waals surface area (Å²) in [5.41, 5.74) is 8.33. The van der Waals surface area contributed by atoms with Gasteiger partial charge >= 0.3 is 5.97 Å². The largest absolute Gasteiger partial charge is 0.468 e. The topological polar surface area (TPSA) is 81.8 Å². The van der Waals surface area contributed by atoms with Crippen LogP contribution in [0.25, 0.3) is 0 Å². The number of carbonyl (C=O) groups excluding carboxylic acids is 2. The van der Waals surface area contributed by atoms with Crippen LogP contribution in [0.4, 0.5) is 0 Å². The SMILES string of the molecule is C#Cc1cccc(C2C(C(N)=O)=C(C)N=C(C)C2C(=O)OC)c1. The fourth-order valence-corrected chi connectivity index (χ4v) is 2.97. The molecule has 23 heavy (non-hydrogen) atoms. The number of benzene rings is 1. The normalized spacial score (nSPS) is 20.5. The van der Waals surface area contributed by atoms with E-state index in [2.05, 4.69) is 10.9 Å². The van der Waals surface area contributed by atoms with Gasteiger partial charge in [0.25, 0.3) is 0 Å². The zero-order valence-electron chi connectivity index (χ0n) is 13.3. The van der Waals surface area contributed by atoms with Crippen molar-refractivity contribution in [3.63, 3.8) is 0 Å². The molecule has 0 spiro atoms. The third kappa shape index (κ3) is 3.02. The molecule has 5 nitrogen and oxygen atoms in total. The fraction of sp³-hybridized carbons (Fsp3) is 0.278. The molecule has 1 amide bonds. The highest BCUT2D eigenvalue weighted by Gasteiger charge is 2.40. The number of rotatable bonds is 3. The molecule has 1 aromatic rings. The number of carbonyl (C=O) groups is 2. The van der Waals surface area contributed by atoms with Crippen molar-refractivity contribution in [2.45, 2.75) is 19.8 Å². The standard InChI is InChI=1S/C18H18N2O3/c1-5-12-7-6-8-13(9-12)16-14(17(19)21)10(2)20-11(3)15(16)18(22)23-4/h1,6-9,15-16H,2-4H3,(H2,19,21). The molecule has 2 N–H and O–H groups in total. The molecule has 0 radical (unpaired) electrons. The number of nitrogens with zero attached hydrogens (tertiary/aromatic N) is 1. The van der Waals surface area contributed by atoms with Crippen LogP contribution in [-0.2, 0) is 14.3 Å². The molecule has 0 bridgehead atoms. The number of aliphatic imine (C=N–C) groups is 1. The Morgan fingerprint density at radius 1 is 1.35 bits per heavy atom. The number of amides is 1. The molecule has 1 aromatic carbocycles. The molecule has 2 rings (SSSR count). The summed E-state index contributed by atoms with van der Waals surface area (Å²) in [6.07, 6.45) is 5.45. The van der Waals surface area contributed by atoms with Crippen molar-refractivity contribution < 1.29 is 14.3 Å². The summed E-state index contributed by atoms with van der Waals surface area (Å²) in [6, 6.07) is 7.15. The smallest absolute Gasteiger partial charge is 0.315 e. The number of ether oxygens (including phenoxy) is 1. The number of primary amides is 1. The van der Waals surface area contributed by atoms with Gasteiger partial charge in [-0.05, 0) is 31.5 Å². The maximum atomic E-state index is 12.3. The predicted molar refractivity (Wildman–Crippen MR) is 87.6 cm³/mol. The van der Waals surface area contributed by atoms with Gasteiger partial charge in [0.2, 0.25) is 5.91 Å². The van der Waals surface area contributed by atoms with Gasteiger partial charge < -0.3 is 10.5 Å². The molecule has 2 unspecified atom stereocenters. The molecular weight excluding hydrogens is 292 g/mol. The number of esters is 1. The van der Waals surface area contributed by atoms with Crippen molar-refractivity contribution in [3.05, 3.63) is 46.7 Å². The molecule has 0 saturated heterocycles. The van der Waals surface area contributed by atoms with E-state index in [0.29, 0.717) is 22.5 Å². The van der Waals surface area contributed by atoms with E-state index in [1.807, 2.05) is 6.07 Å². The molecule has 0 aliphatic carbocycles. The molecule has 1 aliphatic heterocycles. The minimum Gasteiger partial charge on any atom is -0.468 e. The van der Waals surface area contributed by atoms with Crippen molar-refractivity contribution in [2.24, 2.45) is 16.6 Å². The van der Waals surface area contributed by atoms with Crippen molar-refractivity contribution in [1.29, 1.82) is 0 Å². The minimum absolute atomic E-state index is 0.306. The third-order valence-electron chi connectivity index (χ3n) is 3.96. The lowest BCUT2D eigenvalue weighted by Gasteiger charge is -2.31. The highest BCUT2D eigenvalue weighted by atomic mass is 16.5. The Balaban J connectivity index is 2.69. The van der Waals surface area contributed by atoms with E-state index in [9.17, 15) is 9.59 Å². The van der Waals surface area contributed by atoms with Gasteiger partial charge in [-0.2, -0.15) is 0 Å². The molecule has 2 atom stereocenters. The zero-order valence-corrected chi connectivity index (χ0v) is 13.3. The lowest BCUT2D eigenvalue weighted by Crippen LogP contribution is -2.37. The van der Waals surface area contributed by atoms with Gasteiger partial charge in [0.1, 0.15) is 5.92 Å². The second kappa shape index (κ2) is 6.49. The van der Waals surface area contributed by atoms with Crippen LogP contribution in [0, 0.1) is 18.3 Å². The Morgan fingerprint density at radius 2 is 2.04 bits per heavy atom.